The molecule has 1 nitrogen and oxygen atoms in total. The maximum Gasteiger partial charge on any atom is 0.126 e. The first-order valence-corrected chi connectivity index (χ1v) is 10.4. The highest BCUT2D eigenvalue weighted by Crippen LogP contribution is 2.29. The second-order valence-electron chi connectivity index (χ2n) is 6.18. The zero-order valence-electron chi connectivity index (χ0n) is 17.4. The van der Waals surface area contributed by atoms with Crippen molar-refractivity contribution in [1.29, 1.82) is 0 Å². The number of rotatable bonds is 7. The molecule has 0 amide bonds. The molecule has 1 aliphatic carbocycles. The van der Waals surface area contributed by atoms with Gasteiger partial charge in [-0.05, 0) is 79.7 Å². The van der Waals surface area contributed by atoms with Gasteiger partial charge in [0.1, 0.15) is 5.82 Å². The van der Waals surface area contributed by atoms with Crippen molar-refractivity contribution in [3.05, 3.63) is 64.3 Å². The third kappa shape index (κ3) is 10.5. The minimum absolute atomic E-state index is 0.129. The molecule has 0 unspecified atom stereocenters. The second-order valence-corrected chi connectivity index (χ2v) is 7.58. The van der Waals surface area contributed by atoms with Crippen LogP contribution in [0.3, 0.4) is 0 Å². The van der Waals surface area contributed by atoms with Crippen LogP contribution in [0.15, 0.2) is 47.4 Å². The van der Waals surface area contributed by atoms with Crippen molar-refractivity contribution in [3.8, 4) is 0 Å². The van der Waals surface area contributed by atoms with Crippen LogP contribution in [0.5, 0.6) is 0 Å². The molecule has 0 heterocycles. The Balaban J connectivity index is 0.000000444. The molecule has 0 aliphatic heterocycles. The van der Waals surface area contributed by atoms with Crippen LogP contribution in [0.2, 0.25) is 0 Å². The average Bonchev–Trinajstić information content (AvgIpc) is 3.43. The van der Waals surface area contributed by atoms with Crippen molar-refractivity contribution < 1.29 is 4.39 Å². The van der Waals surface area contributed by atoms with E-state index in [1.165, 1.54) is 24.5 Å². The smallest absolute Gasteiger partial charge is 0.126 e. The van der Waals surface area contributed by atoms with Crippen LogP contribution in [-0.4, -0.2) is 6.54 Å². The fourth-order valence-electron chi connectivity index (χ4n) is 2.25. The number of benzene rings is 1. The topological polar surface area (TPSA) is 12.0 Å². The summed E-state index contributed by atoms with van der Waals surface area (Å²) >= 11 is 1.62. The Morgan fingerprint density at radius 1 is 1.31 bits per heavy atom. The number of nitrogens with one attached hydrogen (secondary N) is 1. The first kappa shape index (κ1) is 24.5. The molecule has 0 bridgehead atoms. The molecule has 2 rings (SSSR count). The monoisotopic (exact) mass is 377 g/mol. The van der Waals surface area contributed by atoms with Crippen LogP contribution in [0, 0.1) is 18.7 Å². The minimum Gasteiger partial charge on any atom is -0.380 e. The number of aryl methyl sites for hydroxylation is 1. The van der Waals surface area contributed by atoms with Crippen molar-refractivity contribution in [2.75, 3.05) is 6.54 Å². The van der Waals surface area contributed by atoms with Gasteiger partial charge in [0, 0.05) is 6.54 Å². The summed E-state index contributed by atoms with van der Waals surface area (Å²) in [4.78, 5) is 1.10. The molecule has 1 N–H and O–H groups in total. The van der Waals surface area contributed by atoms with E-state index < -0.39 is 0 Å². The molecule has 0 radical (unpaired) electrons. The highest BCUT2D eigenvalue weighted by Gasteiger charge is 2.20. The molecule has 1 saturated carbocycles. The summed E-state index contributed by atoms with van der Waals surface area (Å²) in [5.74, 6) is 0.785. The molecular weight excluding hydrogens is 341 g/mol. The van der Waals surface area contributed by atoms with Gasteiger partial charge in [-0.1, -0.05) is 57.8 Å². The Kier molecular flexibility index (Phi) is 12.9. The molecule has 0 aromatic heterocycles. The summed E-state index contributed by atoms with van der Waals surface area (Å²) in [6, 6.07) is 5.26. The molecule has 0 atom stereocenters. The molecule has 3 heteroatoms. The van der Waals surface area contributed by atoms with Gasteiger partial charge < -0.3 is 5.32 Å². The zero-order chi connectivity index (χ0) is 20.1. The Hall–Kier alpha value is -1.48. The lowest BCUT2D eigenvalue weighted by atomic mass is 10.0. The third-order valence-electron chi connectivity index (χ3n) is 3.84. The highest BCUT2D eigenvalue weighted by atomic mass is 32.2. The molecule has 146 valence electrons. The molecule has 0 saturated heterocycles. The number of hydrogen-bond donors (Lipinski definition) is 1. The van der Waals surface area contributed by atoms with Gasteiger partial charge >= 0.3 is 0 Å². The zero-order valence-corrected chi connectivity index (χ0v) is 18.2. The fourth-order valence-corrected chi connectivity index (χ4v) is 2.82. The van der Waals surface area contributed by atoms with E-state index in [4.69, 9.17) is 0 Å². The van der Waals surface area contributed by atoms with E-state index in [-0.39, 0.29) is 5.82 Å². The number of halogens is 1. The Morgan fingerprint density at radius 2 is 1.92 bits per heavy atom. The maximum atomic E-state index is 13.0. The fraction of sp³-hybridized carbons (Fsp3) is 0.478. The van der Waals surface area contributed by atoms with E-state index in [9.17, 15) is 4.39 Å². The van der Waals surface area contributed by atoms with Crippen LogP contribution in [0.4, 0.5) is 4.39 Å². The molecule has 1 aliphatic rings. The van der Waals surface area contributed by atoms with Gasteiger partial charge in [-0.3, -0.25) is 0 Å². The van der Waals surface area contributed by atoms with E-state index in [0.29, 0.717) is 5.56 Å². The maximum absolute atomic E-state index is 13.0. The summed E-state index contributed by atoms with van der Waals surface area (Å²) < 4.78 is 13.0. The van der Waals surface area contributed by atoms with Crippen LogP contribution in [-0.2, 0) is 0 Å². The van der Waals surface area contributed by atoms with Gasteiger partial charge in [-0.25, -0.2) is 4.39 Å². The van der Waals surface area contributed by atoms with Gasteiger partial charge in [-0.15, -0.1) is 0 Å². The van der Waals surface area contributed by atoms with Crippen LogP contribution in [0.25, 0.3) is 5.57 Å². The van der Waals surface area contributed by atoms with Crippen molar-refractivity contribution in [3.63, 3.8) is 0 Å². The van der Waals surface area contributed by atoms with Gasteiger partial charge in [0.15, 0.2) is 0 Å². The summed E-state index contributed by atoms with van der Waals surface area (Å²) in [6.07, 6.45) is 5.84. The largest absolute Gasteiger partial charge is 0.380 e. The Labute approximate surface area is 164 Å². The number of hydrogen-bond acceptors (Lipinski definition) is 2. The summed E-state index contributed by atoms with van der Waals surface area (Å²) in [5, 5.41) is 4.32. The summed E-state index contributed by atoms with van der Waals surface area (Å²) in [7, 11) is 0. The van der Waals surface area contributed by atoms with Crippen molar-refractivity contribution >= 4 is 17.3 Å². The van der Waals surface area contributed by atoms with Crippen molar-refractivity contribution in [2.45, 2.75) is 60.8 Å². The predicted molar refractivity (Wildman–Crippen MR) is 119 cm³/mol. The van der Waals surface area contributed by atoms with E-state index in [1.54, 1.807) is 18.7 Å². The second kappa shape index (κ2) is 13.7. The van der Waals surface area contributed by atoms with Gasteiger partial charge in [0.25, 0.3) is 0 Å². The summed E-state index contributed by atoms with van der Waals surface area (Å²) in [5.41, 5.74) is 3.11. The number of allylic oxidation sites excluding steroid dienone is 3. The highest BCUT2D eigenvalue weighted by molar-refractivity contribution is 8.06. The normalized spacial score (nSPS) is 13.0. The first-order valence-electron chi connectivity index (χ1n) is 9.55. The average molecular weight is 378 g/mol. The van der Waals surface area contributed by atoms with Crippen molar-refractivity contribution in [2.24, 2.45) is 5.92 Å². The molecule has 0 spiro atoms. The van der Waals surface area contributed by atoms with Gasteiger partial charge in [0.05, 0.1) is 5.03 Å². The van der Waals surface area contributed by atoms with Crippen LogP contribution in [0.1, 0.15) is 65.0 Å². The third-order valence-corrected chi connectivity index (χ3v) is 4.58. The lowest BCUT2D eigenvalue weighted by Gasteiger charge is -2.06. The predicted octanol–water partition coefficient (Wildman–Crippen LogP) is 7.70. The molecule has 1 aromatic rings. The van der Waals surface area contributed by atoms with Crippen molar-refractivity contribution in [1.82, 2.24) is 5.32 Å². The Morgan fingerprint density at radius 3 is 2.35 bits per heavy atom. The van der Waals surface area contributed by atoms with E-state index in [1.807, 2.05) is 39.8 Å². The Bertz CT molecular complexity index is 600. The summed E-state index contributed by atoms with van der Waals surface area (Å²) in [6.45, 7) is 20.7. The van der Waals surface area contributed by atoms with Gasteiger partial charge in [-0.2, -0.15) is 0 Å². The molecule has 26 heavy (non-hydrogen) atoms. The van der Waals surface area contributed by atoms with E-state index in [0.717, 1.165) is 34.4 Å². The minimum atomic E-state index is -0.129. The first-order chi connectivity index (χ1) is 12.4. The van der Waals surface area contributed by atoms with E-state index >= 15 is 0 Å². The lowest BCUT2D eigenvalue weighted by Crippen LogP contribution is -2.13. The van der Waals surface area contributed by atoms with Gasteiger partial charge in [0.2, 0.25) is 0 Å². The quantitative estimate of drug-likeness (QED) is 0.522. The lowest BCUT2D eigenvalue weighted by molar-refractivity contribution is 0.618. The molecule has 1 fully saturated rings. The molecular formula is C23H36FNS. The number of thioether (sulfide) groups is 1. The standard InChI is InChI=1S/C12H15F.C9H15NS.C2H6/c1-4-10(5-2)11-6-7-12(13)9(3)8-11;1-7(2)11-8(3)10-6-9-4-5-9;1-2/h4,6-8H,5H2,1-3H3;9-10H,1,3-6H2,2H3;1-2H3/b10-4+;;. The van der Waals surface area contributed by atoms with E-state index in [2.05, 4.69) is 31.5 Å². The molecule has 1 aromatic carbocycles. The van der Waals surface area contributed by atoms with Crippen LogP contribution < -0.4 is 5.32 Å². The van der Waals surface area contributed by atoms with Crippen LogP contribution >= 0.6 is 11.8 Å². The SMILES string of the molecule is C/C=C(\CC)c1ccc(F)c(C)c1.C=C(C)SC(=C)NCC1CC1.CC.